The van der Waals surface area contributed by atoms with E-state index in [-0.39, 0.29) is 5.60 Å². The van der Waals surface area contributed by atoms with E-state index in [1.54, 1.807) is 0 Å². The highest BCUT2D eigenvalue weighted by Crippen LogP contribution is 2.44. The van der Waals surface area contributed by atoms with Crippen molar-refractivity contribution >= 4 is 11.6 Å². The number of hydrogen-bond donors (Lipinski definition) is 1. The first kappa shape index (κ1) is 11.5. The summed E-state index contributed by atoms with van der Waals surface area (Å²) in [4.78, 5) is 0. The molecule has 2 heterocycles. The molecule has 2 aliphatic heterocycles. The molecule has 17 heavy (non-hydrogen) atoms. The number of fused-ring (bicyclic) bond motifs is 3. The summed E-state index contributed by atoms with van der Waals surface area (Å²) >= 11 is 6.31. The van der Waals surface area contributed by atoms with Gasteiger partial charge in [0.05, 0.1) is 12.2 Å². The topological polar surface area (TPSA) is 21.3 Å². The Hall–Kier alpha value is -0.570. The van der Waals surface area contributed by atoms with Gasteiger partial charge in [0, 0.05) is 29.6 Å². The van der Waals surface area contributed by atoms with Gasteiger partial charge < -0.3 is 10.1 Å². The lowest BCUT2D eigenvalue weighted by Gasteiger charge is -2.38. The van der Waals surface area contributed by atoms with Crippen LogP contribution in [-0.4, -0.2) is 18.7 Å². The number of rotatable bonds is 1. The third kappa shape index (κ3) is 1.62. The molecular weight excluding hydrogens is 234 g/mol. The van der Waals surface area contributed by atoms with Crippen LogP contribution in [0.25, 0.3) is 0 Å². The van der Waals surface area contributed by atoms with Crippen molar-refractivity contribution in [3.63, 3.8) is 0 Å². The zero-order chi connectivity index (χ0) is 12.0. The summed E-state index contributed by atoms with van der Waals surface area (Å²) in [6.07, 6.45) is 1.06. The molecule has 2 atom stereocenters. The van der Waals surface area contributed by atoms with Gasteiger partial charge in [-0.15, -0.1) is 0 Å². The maximum Gasteiger partial charge on any atom is 0.0863 e. The van der Waals surface area contributed by atoms with E-state index in [1.165, 1.54) is 16.7 Å². The lowest BCUT2D eigenvalue weighted by molar-refractivity contribution is -0.0519. The molecular formula is C14H18ClNO. The van der Waals surface area contributed by atoms with Gasteiger partial charge in [0.15, 0.2) is 0 Å². The molecule has 2 nitrogen and oxygen atoms in total. The monoisotopic (exact) mass is 251 g/mol. The third-order valence-electron chi connectivity index (χ3n) is 4.23. The van der Waals surface area contributed by atoms with Gasteiger partial charge in [-0.3, -0.25) is 0 Å². The molecule has 0 spiro atoms. The Morgan fingerprint density at radius 3 is 3.12 bits per heavy atom. The van der Waals surface area contributed by atoms with Crippen LogP contribution in [0.2, 0.25) is 5.02 Å². The van der Waals surface area contributed by atoms with Crippen molar-refractivity contribution < 1.29 is 4.74 Å². The standard InChI is InChI=1S/C14H18ClNO/c1-3-9-4-5-12(15)10-7-17-14(2)8-16-6-11(14)13(9)10/h4-5,11,16H,3,6-8H2,1-2H3. The highest BCUT2D eigenvalue weighted by molar-refractivity contribution is 6.31. The predicted molar refractivity (Wildman–Crippen MR) is 69.6 cm³/mol. The van der Waals surface area contributed by atoms with Crippen molar-refractivity contribution in [3.05, 3.63) is 33.8 Å². The predicted octanol–water partition coefficient (Wildman–Crippen LogP) is 2.88. The molecule has 1 aromatic rings. The van der Waals surface area contributed by atoms with Gasteiger partial charge >= 0.3 is 0 Å². The van der Waals surface area contributed by atoms with Gasteiger partial charge in [-0.1, -0.05) is 24.6 Å². The van der Waals surface area contributed by atoms with Gasteiger partial charge in [-0.2, -0.15) is 0 Å². The van der Waals surface area contributed by atoms with Crippen LogP contribution in [0.3, 0.4) is 0 Å². The summed E-state index contributed by atoms with van der Waals surface area (Å²) < 4.78 is 6.05. The highest BCUT2D eigenvalue weighted by atomic mass is 35.5. The van der Waals surface area contributed by atoms with E-state index in [1.807, 2.05) is 6.07 Å². The Labute approximate surface area is 107 Å². The van der Waals surface area contributed by atoms with E-state index in [0.29, 0.717) is 12.5 Å². The maximum atomic E-state index is 6.31. The molecule has 0 amide bonds. The Balaban J connectivity index is 2.18. The summed E-state index contributed by atoms with van der Waals surface area (Å²) in [6.45, 7) is 7.00. The molecule has 0 saturated carbocycles. The Bertz CT molecular complexity index is 460. The molecule has 3 rings (SSSR count). The zero-order valence-corrected chi connectivity index (χ0v) is 11.1. The second kappa shape index (κ2) is 3.98. The fourth-order valence-corrected chi connectivity index (χ4v) is 3.39. The molecule has 1 N–H and O–H groups in total. The Morgan fingerprint density at radius 2 is 2.35 bits per heavy atom. The minimum Gasteiger partial charge on any atom is -0.369 e. The first-order chi connectivity index (χ1) is 8.15. The number of aryl methyl sites for hydroxylation is 1. The highest BCUT2D eigenvalue weighted by Gasteiger charge is 2.45. The SMILES string of the molecule is CCc1ccc(Cl)c2c1C1CNCC1(C)OC2. The Morgan fingerprint density at radius 1 is 1.53 bits per heavy atom. The molecule has 0 radical (unpaired) electrons. The van der Waals surface area contributed by atoms with Crippen LogP contribution < -0.4 is 5.32 Å². The smallest absolute Gasteiger partial charge is 0.0863 e. The van der Waals surface area contributed by atoms with Crippen molar-refractivity contribution in [3.8, 4) is 0 Å². The van der Waals surface area contributed by atoms with E-state index in [9.17, 15) is 0 Å². The van der Waals surface area contributed by atoms with Gasteiger partial charge in [0.2, 0.25) is 0 Å². The van der Waals surface area contributed by atoms with Crippen molar-refractivity contribution in [1.82, 2.24) is 5.32 Å². The number of ether oxygens (including phenoxy) is 1. The first-order valence-electron chi connectivity index (χ1n) is 6.30. The summed E-state index contributed by atoms with van der Waals surface area (Å²) in [5.74, 6) is 0.444. The second-order valence-electron chi connectivity index (χ2n) is 5.24. The molecule has 92 valence electrons. The summed E-state index contributed by atoms with van der Waals surface area (Å²) in [5.41, 5.74) is 4.02. The minimum atomic E-state index is -0.0540. The molecule has 1 saturated heterocycles. The van der Waals surface area contributed by atoms with Gasteiger partial charge in [0.25, 0.3) is 0 Å². The normalized spacial score (nSPS) is 31.1. The third-order valence-corrected chi connectivity index (χ3v) is 4.58. The minimum absolute atomic E-state index is 0.0540. The quantitative estimate of drug-likeness (QED) is 0.829. The van der Waals surface area contributed by atoms with E-state index >= 15 is 0 Å². The summed E-state index contributed by atoms with van der Waals surface area (Å²) in [7, 11) is 0. The van der Waals surface area contributed by atoms with Crippen LogP contribution in [0, 0.1) is 0 Å². The molecule has 0 bridgehead atoms. The van der Waals surface area contributed by atoms with Gasteiger partial charge in [-0.05, 0) is 30.5 Å². The van der Waals surface area contributed by atoms with E-state index < -0.39 is 0 Å². The lowest BCUT2D eigenvalue weighted by Crippen LogP contribution is -2.40. The Kier molecular flexibility index (Phi) is 2.69. The average molecular weight is 252 g/mol. The van der Waals surface area contributed by atoms with Crippen LogP contribution in [0.5, 0.6) is 0 Å². The van der Waals surface area contributed by atoms with Crippen molar-refractivity contribution in [2.24, 2.45) is 0 Å². The molecule has 1 aromatic carbocycles. The number of hydrogen-bond acceptors (Lipinski definition) is 2. The number of halogens is 1. The summed E-state index contributed by atoms with van der Waals surface area (Å²) in [6, 6.07) is 4.18. The first-order valence-corrected chi connectivity index (χ1v) is 6.68. The summed E-state index contributed by atoms with van der Waals surface area (Å²) in [5, 5.41) is 4.30. The van der Waals surface area contributed by atoms with Crippen LogP contribution in [0.4, 0.5) is 0 Å². The molecule has 2 aliphatic rings. The molecule has 1 fully saturated rings. The molecule has 2 unspecified atom stereocenters. The lowest BCUT2D eigenvalue weighted by atomic mass is 9.78. The van der Waals surface area contributed by atoms with E-state index in [4.69, 9.17) is 16.3 Å². The van der Waals surface area contributed by atoms with Crippen molar-refractivity contribution in [1.29, 1.82) is 0 Å². The average Bonchev–Trinajstić information content (AvgIpc) is 2.71. The molecule has 0 aromatic heterocycles. The maximum absolute atomic E-state index is 6.31. The van der Waals surface area contributed by atoms with Crippen LogP contribution in [0.1, 0.15) is 36.5 Å². The van der Waals surface area contributed by atoms with E-state index in [0.717, 1.165) is 24.5 Å². The van der Waals surface area contributed by atoms with Crippen LogP contribution >= 0.6 is 11.6 Å². The fourth-order valence-electron chi connectivity index (χ4n) is 3.18. The van der Waals surface area contributed by atoms with Crippen LogP contribution in [-0.2, 0) is 17.8 Å². The van der Waals surface area contributed by atoms with Crippen molar-refractivity contribution in [2.45, 2.75) is 38.4 Å². The largest absolute Gasteiger partial charge is 0.369 e. The van der Waals surface area contributed by atoms with Gasteiger partial charge in [0.1, 0.15) is 0 Å². The molecule has 3 heteroatoms. The number of nitrogens with one attached hydrogen (secondary N) is 1. The van der Waals surface area contributed by atoms with Gasteiger partial charge in [-0.25, -0.2) is 0 Å². The molecule has 0 aliphatic carbocycles. The second-order valence-corrected chi connectivity index (χ2v) is 5.64. The zero-order valence-electron chi connectivity index (χ0n) is 10.3. The fraction of sp³-hybridized carbons (Fsp3) is 0.571. The van der Waals surface area contributed by atoms with E-state index in [2.05, 4.69) is 25.2 Å². The van der Waals surface area contributed by atoms with Crippen LogP contribution in [0.15, 0.2) is 12.1 Å². The van der Waals surface area contributed by atoms with Crippen molar-refractivity contribution in [2.75, 3.05) is 13.1 Å². The number of benzene rings is 1.